The van der Waals surface area contributed by atoms with Crippen LogP contribution in [0, 0.1) is 0 Å². The van der Waals surface area contributed by atoms with Gasteiger partial charge in [0.25, 0.3) is 0 Å². The molecule has 2 rings (SSSR count). The number of rotatable bonds is 6. The average Bonchev–Trinajstić information content (AvgIpc) is 2.44. The first-order chi connectivity index (χ1) is 9.19. The fourth-order valence-electron chi connectivity index (χ4n) is 2.28. The van der Waals surface area contributed by atoms with Crippen LogP contribution in [0.1, 0.15) is 5.56 Å². The summed E-state index contributed by atoms with van der Waals surface area (Å²) in [6.45, 7) is 2.40. The fourth-order valence-corrected chi connectivity index (χ4v) is 2.28. The first-order valence-electron chi connectivity index (χ1n) is 6.81. The molecule has 0 fully saturated rings. The van der Waals surface area contributed by atoms with E-state index in [-0.39, 0.29) is 6.04 Å². The second kappa shape index (κ2) is 6.66. The van der Waals surface area contributed by atoms with Crippen LogP contribution in [0.2, 0.25) is 0 Å². The standard InChI is InChI=1S/C16H23N3/c1-19(12-16(18)11-17)9-8-13-6-7-14-4-2-3-5-15(14)10-13/h2-7,10,16H,8-9,11-12,17-18H2,1H3. The molecule has 0 amide bonds. The third-order valence-corrected chi connectivity index (χ3v) is 3.45. The molecule has 102 valence electrons. The normalized spacial score (nSPS) is 13.1. The van der Waals surface area contributed by atoms with Crippen molar-refractivity contribution in [3.05, 3.63) is 48.0 Å². The second-order valence-corrected chi connectivity index (χ2v) is 5.19. The maximum Gasteiger partial charge on any atom is 0.0292 e. The minimum Gasteiger partial charge on any atom is -0.329 e. The molecule has 0 saturated carbocycles. The zero-order chi connectivity index (χ0) is 13.7. The van der Waals surface area contributed by atoms with Crippen molar-refractivity contribution in [1.29, 1.82) is 0 Å². The van der Waals surface area contributed by atoms with E-state index < -0.39 is 0 Å². The van der Waals surface area contributed by atoms with Crippen LogP contribution in [0.4, 0.5) is 0 Å². The number of likely N-dealkylation sites (N-methyl/N-ethyl adjacent to an activating group) is 1. The van der Waals surface area contributed by atoms with E-state index in [9.17, 15) is 0 Å². The number of fused-ring (bicyclic) bond motifs is 1. The third-order valence-electron chi connectivity index (χ3n) is 3.45. The molecular formula is C16H23N3. The van der Waals surface area contributed by atoms with Gasteiger partial charge in [-0.2, -0.15) is 0 Å². The van der Waals surface area contributed by atoms with Crippen molar-refractivity contribution in [3.63, 3.8) is 0 Å². The SMILES string of the molecule is CN(CCc1ccc2ccccc2c1)CC(N)CN. The first-order valence-corrected chi connectivity index (χ1v) is 6.81. The second-order valence-electron chi connectivity index (χ2n) is 5.19. The quantitative estimate of drug-likeness (QED) is 0.826. The molecule has 0 aliphatic carbocycles. The van der Waals surface area contributed by atoms with Crippen LogP contribution in [0.5, 0.6) is 0 Å². The van der Waals surface area contributed by atoms with E-state index in [1.165, 1.54) is 16.3 Å². The zero-order valence-corrected chi connectivity index (χ0v) is 11.5. The van der Waals surface area contributed by atoms with Gasteiger partial charge in [-0.3, -0.25) is 0 Å². The maximum atomic E-state index is 5.85. The Kier molecular flexibility index (Phi) is 4.91. The average molecular weight is 257 g/mol. The third kappa shape index (κ3) is 4.03. The van der Waals surface area contributed by atoms with Gasteiger partial charge in [0.05, 0.1) is 0 Å². The van der Waals surface area contributed by atoms with E-state index in [1.807, 2.05) is 0 Å². The largest absolute Gasteiger partial charge is 0.329 e. The highest BCUT2D eigenvalue weighted by molar-refractivity contribution is 5.82. The molecule has 19 heavy (non-hydrogen) atoms. The van der Waals surface area contributed by atoms with Crippen molar-refractivity contribution in [2.24, 2.45) is 11.5 Å². The van der Waals surface area contributed by atoms with Crippen LogP contribution in [-0.2, 0) is 6.42 Å². The molecule has 1 atom stereocenters. The summed E-state index contributed by atoms with van der Waals surface area (Å²) in [4.78, 5) is 2.24. The summed E-state index contributed by atoms with van der Waals surface area (Å²) >= 11 is 0. The van der Waals surface area contributed by atoms with E-state index in [2.05, 4.69) is 54.4 Å². The fraction of sp³-hybridized carbons (Fsp3) is 0.375. The number of nitrogens with zero attached hydrogens (tertiary/aromatic N) is 1. The highest BCUT2D eigenvalue weighted by Crippen LogP contribution is 2.16. The molecule has 0 aliphatic rings. The van der Waals surface area contributed by atoms with Crippen LogP contribution < -0.4 is 11.5 Å². The summed E-state index contributed by atoms with van der Waals surface area (Å²) in [5.41, 5.74) is 12.8. The topological polar surface area (TPSA) is 55.3 Å². The molecule has 0 saturated heterocycles. The summed E-state index contributed by atoms with van der Waals surface area (Å²) < 4.78 is 0. The van der Waals surface area contributed by atoms with Crippen molar-refractivity contribution in [3.8, 4) is 0 Å². The lowest BCUT2D eigenvalue weighted by atomic mass is 10.0. The molecule has 2 aromatic rings. The van der Waals surface area contributed by atoms with Gasteiger partial charge in [-0.1, -0.05) is 42.5 Å². The van der Waals surface area contributed by atoms with Crippen LogP contribution in [0.15, 0.2) is 42.5 Å². The molecule has 4 N–H and O–H groups in total. The molecule has 1 unspecified atom stereocenters. The molecule has 3 nitrogen and oxygen atoms in total. The van der Waals surface area contributed by atoms with Crippen LogP contribution >= 0.6 is 0 Å². The summed E-state index contributed by atoms with van der Waals surface area (Å²) in [6.07, 6.45) is 1.04. The Labute approximate surface area is 115 Å². The van der Waals surface area contributed by atoms with Crippen LogP contribution in [-0.4, -0.2) is 37.6 Å². The van der Waals surface area contributed by atoms with Crippen molar-refractivity contribution in [2.45, 2.75) is 12.5 Å². The molecule has 0 bridgehead atoms. The van der Waals surface area contributed by atoms with E-state index in [4.69, 9.17) is 11.5 Å². The van der Waals surface area contributed by atoms with Crippen LogP contribution in [0.25, 0.3) is 10.8 Å². The van der Waals surface area contributed by atoms with E-state index in [1.54, 1.807) is 0 Å². The van der Waals surface area contributed by atoms with Crippen molar-refractivity contribution in [2.75, 3.05) is 26.7 Å². The highest BCUT2D eigenvalue weighted by Gasteiger charge is 2.05. The molecule has 0 radical (unpaired) electrons. The summed E-state index contributed by atoms with van der Waals surface area (Å²) in [5, 5.41) is 2.60. The highest BCUT2D eigenvalue weighted by atomic mass is 15.1. The van der Waals surface area contributed by atoms with Crippen LogP contribution in [0.3, 0.4) is 0 Å². The minimum atomic E-state index is 0.0709. The van der Waals surface area contributed by atoms with E-state index in [0.29, 0.717) is 6.54 Å². The molecule has 2 aromatic carbocycles. The van der Waals surface area contributed by atoms with Crippen molar-refractivity contribution in [1.82, 2.24) is 4.90 Å². The van der Waals surface area contributed by atoms with Gasteiger partial charge in [0.2, 0.25) is 0 Å². The molecular weight excluding hydrogens is 234 g/mol. The number of nitrogens with two attached hydrogens (primary N) is 2. The lowest BCUT2D eigenvalue weighted by molar-refractivity contribution is 0.316. The van der Waals surface area contributed by atoms with E-state index in [0.717, 1.165) is 19.5 Å². The Morgan fingerprint density at radius 3 is 2.58 bits per heavy atom. The smallest absolute Gasteiger partial charge is 0.0292 e. The van der Waals surface area contributed by atoms with Gasteiger partial charge in [0.15, 0.2) is 0 Å². The Hall–Kier alpha value is -1.42. The zero-order valence-electron chi connectivity index (χ0n) is 11.5. The predicted octanol–water partition coefficient (Wildman–Crippen LogP) is 1.60. The van der Waals surface area contributed by atoms with Crippen molar-refractivity contribution >= 4 is 10.8 Å². The number of hydrogen-bond donors (Lipinski definition) is 2. The Bertz CT molecular complexity index is 524. The summed E-state index contributed by atoms with van der Waals surface area (Å²) in [7, 11) is 2.09. The lowest BCUT2D eigenvalue weighted by Crippen LogP contribution is -2.41. The Morgan fingerprint density at radius 1 is 1.11 bits per heavy atom. The summed E-state index contributed by atoms with van der Waals surface area (Å²) in [5.74, 6) is 0. The van der Waals surface area contributed by atoms with Gasteiger partial charge >= 0.3 is 0 Å². The molecule has 0 aromatic heterocycles. The predicted molar refractivity (Wildman–Crippen MR) is 82.2 cm³/mol. The molecule has 0 aliphatic heterocycles. The molecule has 3 heteroatoms. The summed E-state index contributed by atoms with van der Waals surface area (Å²) in [6, 6.07) is 15.2. The first kappa shape index (κ1) is 14.0. The monoisotopic (exact) mass is 257 g/mol. The minimum absolute atomic E-state index is 0.0709. The van der Waals surface area contributed by atoms with Gasteiger partial charge in [-0.25, -0.2) is 0 Å². The van der Waals surface area contributed by atoms with Gasteiger partial charge in [0, 0.05) is 25.7 Å². The number of hydrogen-bond acceptors (Lipinski definition) is 3. The molecule has 0 spiro atoms. The Balaban J connectivity index is 1.94. The maximum absolute atomic E-state index is 5.85. The molecule has 0 heterocycles. The Morgan fingerprint density at radius 2 is 1.84 bits per heavy atom. The van der Waals surface area contributed by atoms with Gasteiger partial charge < -0.3 is 16.4 Å². The van der Waals surface area contributed by atoms with Gasteiger partial charge in [-0.15, -0.1) is 0 Å². The number of benzene rings is 2. The van der Waals surface area contributed by atoms with Gasteiger partial charge in [-0.05, 0) is 29.8 Å². The lowest BCUT2D eigenvalue weighted by Gasteiger charge is -2.20. The van der Waals surface area contributed by atoms with Crippen molar-refractivity contribution < 1.29 is 0 Å². The van der Waals surface area contributed by atoms with Gasteiger partial charge in [0.1, 0.15) is 0 Å². The van der Waals surface area contributed by atoms with E-state index >= 15 is 0 Å².